The number of nitrogens with zero attached hydrogens (tertiary/aromatic N) is 1. The zero-order chi connectivity index (χ0) is 24.7. The number of halogens is 1. The Labute approximate surface area is 204 Å². The molecule has 0 saturated carbocycles. The van der Waals surface area contributed by atoms with Crippen LogP contribution in [0.25, 0.3) is 10.9 Å². The van der Waals surface area contributed by atoms with Crippen molar-refractivity contribution in [1.82, 2.24) is 10.3 Å². The number of urea groups is 1. The molecule has 3 aromatic rings. The van der Waals surface area contributed by atoms with E-state index in [2.05, 4.69) is 36.4 Å². The number of carbonyl (C=O) groups excluding carboxylic acids is 1. The molecule has 0 aliphatic heterocycles. The number of aliphatic hydroxyl groups is 1. The first-order chi connectivity index (χ1) is 16.2. The molecule has 1 heterocycles. The number of hydrogen-bond donors (Lipinski definition) is 3. The van der Waals surface area contributed by atoms with Crippen molar-refractivity contribution in [3.05, 3.63) is 47.6 Å². The van der Waals surface area contributed by atoms with E-state index in [0.717, 1.165) is 6.42 Å². The van der Waals surface area contributed by atoms with Crippen molar-refractivity contribution in [2.75, 3.05) is 32.2 Å². The SMILES string of the molecule is COc1cc2c(Oc3ccc(NC(=O)NCCC(C)(C)C)c(Cl)c3)ccnc2cc1OCCO. The van der Waals surface area contributed by atoms with E-state index in [4.69, 9.17) is 30.9 Å². The Morgan fingerprint density at radius 3 is 2.59 bits per heavy atom. The van der Waals surface area contributed by atoms with Gasteiger partial charge in [0.2, 0.25) is 0 Å². The van der Waals surface area contributed by atoms with Crippen LogP contribution >= 0.6 is 11.6 Å². The zero-order valence-corrected chi connectivity index (χ0v) is 20.5. The Bertz CT molecular complexity index is 1150. The zero-order valence-electron chi connectivity index (χ0n) is 19.8. The molecule has 8 nitrogen and oxygen atoms in total. The second-order valence-electron chi connectivity index (χ2n) is 8.84. The standard InChI is InChI=1S/C25H30ClN3O5/c1-25(2,3)8-10-28-24(31)29-19-6-5-16(13-18(19)26)34-21-7-9-27-20-15-23(33-12-11-30)22(32-4)14-17(20)21/h5-7,9,13-15,30H,8,10-12H2,1-4H3,(H2,28,29,31). The predicted octanol–water partition coefficient (Wildman–Crippen LogP) is 5.62. The van der Waals surface area contributed by atoms with Gasteiger partial charge in [0.1, 0.15) is 18.1 Å². The molecule has 182 valence electrons. The minimum atomic E-state index is -0.314. The Hall–Kier alpha value is -3.23. The number of methoxy groups -OCH3 is 1. The van der Waals surface area contributed by atoms with Gasteiger partial charge in [0.15, 0.2) is 11.5 Å². The summed E-state index contributed by atoms with van der Waals surface area (Å²) < 4.78 is 17.0. The lowest BCUT2D eigenvalue weighted by atomic mass is 9.92. The molecule has 1 aromatic heterocycles. The van der Waals surface area contributed by atoms with E-state index in [0.29, 0.717) is 51.2 Å². The maximum absolute atomic E-state index is 12.2. The molecule has 0 fully saturated rings. The van der Waals surface area contributed by atoms with Gasteiger partial charge in [-0.25, -0.2) is 4.79 Å². The molecule has 2 aromatic carbocycles. The third-order valence-electron chi connectivity index (χ3n) is 4.91. The normalized spacial score (nSPS) is 11.2. The van der Waals surface area contributed by atoms with Gasteiger partial charge in [-0.05, 0) is 36.1 Å². The second kappa shape index (κ2) is 11.3. The van der Waals surface area contributed by atoms with Crippen molar-refractivity contribution in [3.8, 4) is 23.0 Å². The van der Waals surface area contributed by atoms with Gasteiger partial charge in [-0.15, -0.1) is 0 Å². The van der Waals surface area contributed by atoms with E-state index >= 15 is 0 Å². The molecule has 9 heteroatoms. The first-order valence-electron chi connectivity index (χ1n) is 10.9. The molecule has 3 rings (SSSR count). The molecule has 0 bridgehead atoms. The van der Waals surface area contributed by atoms with Crippen LogP contribution in [0.5, 0.6) is 23.0 Å². The lowest BCUT2D eigenvalue weighted by Crippen LogP contribution is -2.31. The molecule has 2 amide bonds. The highest BCUT2D eigenvalue weighted by Crippen LogP contribution is 2.38. The number of aliphatic hydroxyl groups excluding tert-OH is 1. The summed E-state index contributed by atoms with van der Waals surface area (Å²) in [6.45, 7) is 6.96. The van der Waals surface area contributed by atoms with Crippen molar-refractivity contribution >= 4 is 34.2 Å². The van der Waals surface area contributed by atoms with Crippen LogP contribution in [0, 0.1) is 5.41 Å². The van der Waals surface area contributed by atoms with Gasteiger partial charge in [-0.3, -0.25) is 4.98 Å². The number of hydrogen-bond acceptors (Lipinski definition) is 6. The van der Waals surface area contributed by atoms with E-state index in [-0.39, 0.29) is 24.7 Å². The van der Waals surface area contributed by atoms with E-state index < -0.39 is 0 Å². The van der Waals surface area contributed by atoms with Crippen molar-refractivity contribution in [2.24, 2.45) is 5.41 Å². The fourth-order valence-corrected chi connectivity index (χ4v) is 3.37. The van der Waals surface area contributed by atoms with Crippen LogP contribution in [0.15, 0.2) is 42.6 Å². The van der Waals surface area contributed by atoms with Crippen LogP contribution in [0.4, 0.5) is 10.5 Å². The van der Waals surface area contributed by atoms with E-state index in [1.165, 1.54) is 7.11 Å². The van der Waals surface area contributed by atoms with Crippen LogP contribution in [0.3, 0.4) is 0 Å². The predicted molar refractivity (Wildman–Crippen MR) is 133 cm³/mol. The second-order valence-corrected chi connectivity index (χ2v) is 9.24. The van der Waals surface area contributed by atoms with E-state index in [1.54, 1.807) is 42.6 Å². The van der Waals surface area contributed by atoms with Crippen molar-refractivity contribution in [3.63, 3.8) is 0 Å². The van der Waals surface area contributed by atoms with Crippen molar-refractivity contribution in [2.45, 2.75) is 27.2 Å². The summed E-state index contributed by atoms with van der Waals surface area (Å²) >= 11 is 6.39. The first-order valence-corrected chi connectivity index (χ1v) is 11.3. The molecule has 0 atom stereocenters. The maximum atomic E-state index is 12.2. The molecule has 34 heavy (non-hydrogen) atoms. The number of rotatable bonds is 9. The number of aromatic nitrogens is 1. The minimum absolute atomic E-state index is 0.109. The Balaban J connectivity index is 1.74. The number of ether oxygens (including phenoxy) is 3. The number of pyridine rings is 1. The maximum Gasteiger partial charge on any atom is 0.319 e. The highest BCUT2D eigenvalue weighted by atomic mass is 35.5. The molecule has 3 N–H and O–H groups in total. The monoisotopic (exact) mass is 487 g/mol. The summed E-state index contributed by atoms with van der Waals surface area (Å²) in [6.07, 6.45) is 2.49. The molecule has 0 aliphatic carbocycles. The van der Waals surface area contributed by atoms with E-state index in [1.807, 2.05) is 0 Å². The van der Waals surface area contributed by atoms with Gasteiger partial charge < -0.3 is 30.0 Å². The number of amides is 2. The summed E-state index contributed by atoms with van der Waals surface area (Å²) in [4.78, 5) is 16.5. The number of fused-ring (bicyclic) bond motifs is 1. The van der Waals surface area contributed by atoms with Gasteiger partial charge in [0, 0.05) is 30.3 Å². The molecular formula is C25H30ClN3O5. The Kier molecular flexibility index (Phi) is 8.41. The quantitative estimate of drug-likeness (QED) is 0.362. The van der Waals surface area contributed by atoms with Crippen LogP contribution in [-0.4, -0.2) is 43.0 Å². The largest absolute Gasteiger partial charge is 0.493 e. The number of anilines is 1. The highest BCUT2D eigenvalue weighted by molar-refractivity contribution is 6.33. The summed E-state index contributed by atoms with van der Waals surface area (Å²) in [5.41, 5.74) is 1.26. The lowest BCUT2D eigenvalue weighted by molar-refractivity contribution is 0.196. The molecule has 0 radical (unpaired) electrons. The number of carbonyl (C=O) groups is 1. The average molecular weight is 488 g/mol. The minimum Gasteiger partial charge on any atom is -0.493 e. The molecule has 0 unspecified atom stereocenters. The van der Waals surface area contributed by atoms with Crippen LogP contribution in [0.2, 0.25) is 5.02 Å². The van der Waals surface area contributed by atoms with Crippen molar-refractivity contribution in [1.29, 1.82) is 0 Å². The molecule has 0 aliphatic rings. The number of benzene rings is 2. The summed E-state index contributed by atoms with van der Waals surface area (Å²) in [7, 11) is 1.54. The third-order valence-corrected chi connectivity index (χ3v) is 5.23. The topological polar surface area (TPSA) is 102 Å². The van der Waals surface area contributed by atoms with Crippen LogP contribution < -0.4 is 24.8 Å². The molecule has 0 saturated heterocycles. The van der Waals surface area contributed by atoms with Crippen LogP contribution in [0.1, 0.15) is 27.2 Å². The smallest absolute Gasteiger partial charge is 0.319 e. The van der Waals surface area contributed by atoms with Gasteiger partial charge >= 0.3 is 6.03 Å². The van der Waals surface area contributed by atoms with Gasteiger partial charge in [0.25, 0.3) is 0 Å². The summed E-state index contributed by atoms with van der Waals surface area (Å²) in [5, 5.41) is 15.7. The highest BCUT2D eigenvalue weighted by Gasteiger charge is 2.14. The Morgan fingerprint density at radius 2 is 1.91 bits per heavy atom. The first kappa shape index (κ1) is 25.4. The fourth-order valence-electron chi connectivity index (χ4n) is 3.15. The summed E-state index contributed by atoms with van der Waals surface area (Å²) in [6, 6.07) is 9.96. The van der Waals surface area contributed by atoms with Crippen LogP contribution in [-0.2, 0) is 0 Å². The van der Waals surface area contributed by atoms with Gasteiger partial charge in [-0.2, -0.15) is 0 Å². The van der Waals surface area contributed by atoms with E-state index in [9.17, 15) is 4.79 Å². The van der Waals surface area contributed by atoms with Crippen molar-refractivity contribution < 1.29 is 24.1 Å². The molecule has 0 spiro atoms. The fraction of sp³-hybridized carbons (Fsp3) is 0.360. The third kappa shape index (κ3) is 6.88. The average Bonchev–Trinajstić information content (AvgIpc) is 2.78. The van der Waals surface area contributed by atoms with Gasteiger partial charge in [-0.1, -0.05) is 32.4 Å². The number of nitrogens with one attached hydrogen (secondary N) is 2. The lowest BCUT2D eigenvalue weighted by Gasteiger charge is -2.18. The summed E-state index contributed by atoms with van der Waals surface area (Å²) in [5.74, 6) is 2.02. The van der Waals surface area contributed by atoms with Gasteiger partial charge in [0.05, 0.1) is 29.9 Å². The Morgan fingerprint density at radius 1 is 1.12 bits per heavy atom. The molecular weight excluding hydrogens is 458 g/mol.